The molecule has 0 spiro atoms. The Labute approximate surface area is 89.0 Å². The molecule has 2 aromatic rings. The van der Waals surface area contributed by atoms with Gasteiger partial charge >= 0.3 is 0 Å². The number of rotatable bonds is 3. The molecule has 78 valence electrons. The molecule has 1 N–H and O–H groups in total. The molecule has 0 bridgehead atoms. The van der Waals surface area contributed by atoms with Crippen LogP contribution in [0.2, 0.25) is 0 Å². The number of hydrogen-bond acceptors (Lipinski definition) is 2. The normalized spacial score (nSPS) is 12.7. The van der Waals surface area contributed by atoms with Crippen molar-refractivity contribution in [3.63, 3.8) is 0 Å². The fourth-order valence-corrected chi connectivity index (χ4v) is 1.47. The Balaban J connectivity index is 2.12. The zero-order valence-electron chi connectivity index (χ0n) is 8.67. The van der Waals surface area contributed by atoms with E-state index in [0.29, 0.717) is 5.69 Å². The molecule has 0 aliphatic heterocycles. The molecule has 0 fully saturated rings. The minimum absolute atomic E-state index is 0.498. The molecular formula is C12H14N2O. The summed E-state index contributed by atoms with van der Waals surface area (Å²) in [6.45, 7) is 2.51. The molecule has 1 atom stereocenters. The van der Waals surface area contributed by atoms with Crippen molar-refractivity contribution in [3.8, 4) is 0 Å². The Morgan fingerprint density at radius 2 is 2.07 bits per heavy atom. The zero-order chi connectivity index (χ0) is 10.7. The second-order valence-corrected chi connectivity index (χ2v) is 3.63. The first-order valence-corrected chi connectivity index (χ1v) is 4.99. The molecule has 3 nitrogen and oxygen atoms in total. The molecule has 15 heavy (non-hydrogen) atoms. The third-order valence-corrected chi connectivity index (χ3v) is 2.29. The van der Waals surface area contributed by atoms with E-state index in [4.69, 9.17) is 0 Å². The number of aliphatic hydroxyl groups excluding tert-OH is 1. The van der Waals surface area contributed by atoms with Crippen molar-refractivity contribution >= 4 is 0 Å². The van der Waals surface area contributed by atoms with Crippen molar-refractivity contribution in [1.29, 1.82) is 0 Å². The molecule has 0 aliphatic carbocycles. The highest BCUT2D eigenvalue weighted by Gasteiger charge is 2.04. The van der Waals surface area contributed by atoms with Gasteiger partial charge in [0.2, 0.25) is 0 Å². The summed E-state index contributed by atoms with van der Waals surface area (Å²) in [6.07, 6.45) is 3.12. The molecule has 0 amide bonds. The Hall–Kier alpha value is -1.61. The standard InChI is InChI=1S/C12H14N2O/c1-10(15)12-8-14(9-13-12)7-11-5-3-2-4-6-11/h2-6,8-10,15H,7H2,1H3. The number of benzene rings is 1. The lowest BCUT2D eigenvalue weighted by Crippen LogP contribution is -1.96. The topological polar surface area (TPSA) is 38.0 Å². The first-order valence-electron chi connectivity index (χ1n) is 4.99. The molecular weight excluding hydrogens is 188 g/mol. The molecule has 0 radical (unpaired) electrons. The van der Waals surface area contributed by atoms with Crippen molar-refractivity contribution in [2.45, 2.75) is 19.6 Å². The van der Waals surface area contributed by atoms with Gasteiger partial charge in [-0.25, -0.2) is 4.98 Å². The highest BCUT2D eigenvalue weighted by molar-refractivity contribution is 5.15. The van der Waals surface area contributed by atoms with Gasteiger partial charge in [0.25, 0.3) is 0 Å². The van der Waals surface area contributed by atoms with Gasteiger partial charge in [0.1, 0.15) is 0 Å². The SMILES string of the molecule is CC(O)c1cn(Cc2ccccc2)cn1. The van der Waals surface area contributed by atoms with Gasteiger partial charge in [-0.3, -0.25) is 0 Å². The maximum absolute atomic E-state index is 9.33. The largest absolute Gasteiger partial charge is 0.387 e. The van der Waals surface area contributed by atoms with E-state index in [0.717, 1.165) is 6.54 Å². The van der Waals surface area contributed by atoms with Crippen LogP contribution in [0.5, 0.6) is 0 Å². The summed E-state index contributed by atoms with van der Waals surface area (Å²) in [7, 11) is 0. The van der Waals surface area contributed by atoms with Gasteiger partial charge in [-0.05, 0) is 12.5 Å². The van der Waals surface area contributed by atoms with Crippen molar-refractivity contribution in [3.05, 3.63) is 54.1 Å². The molecule has 1 unspecified atom stereocenters. The number of aliphatic hydroxyl groups is 1. The van der Waals surface area contributed by atoms with Crippen molar-refractivity contribution < 1.29 is 5.11 Å². The average molecular weight is 202 g/mol. The van der Waals surface area contributed by atoms with E-state index < -0.39 is 6.10 Å². The van der Waals surface area contributed by atoms with Crippen LogP contribution in [0.4, 0.5) is 0 Å². The first kappa shape index (κ1) is 9.93. The summed E-state index contributed by atoms with van der Waals surface area (Å²) in [5.74, 6) is 0. The van der Waals surface area contributed by atoms with E-state index in [-0.39, 0.29) is 0 Å². The van der Waals surface area contributed by atoms with Gasteiger partial charge in [0.05, 0.1) is 18.1 Å². The van der Waals surface area contributed by atoms with Crippen LogP contribution in [0.1, 0.15) is 24.3 Å². The summed E-state index contributed by atoms with van der Waals surface area (Å²) < 4.78 is 1.97. The van der Waals surface area contributed by atoms with Crippen LogP contribution >= 0.6 is 0 Å². The van der Waals surface area contributed by atoms with Crippen LogP contribution in [0.15, 0.2) is 42.9 Å². The number of hydrogen-bond donors (Lipinski definition) is 1. The van der Waals surface area contributed by atoms with Crippen LogP contribution in [0.25, 0.3) is 0 Å². The molecule has 3 heteroatoms. The quantitative estimate of drug-likeness (QED) is 0.826. The van der Waals surface area contributed by atoms with E-state index in [1.165, 1.54) is 5.56 Å². The fraction of sp³-hybridized carbons (Fsp3) is 0.250. The van der Waals surface area contributed by atoms with Gasteiger partial charge in [0, 0.05) is 12.7 Å². The summed E-state index contributed by atoms with van der Waals surface area (Å²) in [6, 6.07) is 10.2. The van der Waals surface area contributed by atoms with E-state index in [9.17, 15) is 5.11 Å². The van der Waals surface area contributed by atoms with Crippen LogP contribution in [0.3, 0.4) is 0 Å². The smallest absolute Gasteiger partial charge is 0.0953 e. The van der Waals surface area contributed by atoms with E-state index in [2.05, 4.69) is 17.1 Å². The lowest BCUT2D eigenvalue weighted by atomic mass is 10.2. The highest BCUT2D eigenvalue weighted by Crippen LogP contribution is 2.09. The van der Waals surface area contributed by atoms with Gasteiger partial charge in [-0.15, -0.1) is 0 Å². The summed E-state index contributed by atoms with van der Waals surface area (Å²) >= 11 is 0. The third kappa shape index (κ3) is 2.44. The summed E-state index contributed by atoms with van der Waals surface area (Å²) in [5, 5.41) is 9.33. The Kier molecular flexibility index (Phi) is 2.83. The first-order chi connectivity index (χ1) is 7.25. The number of nitrogens with zero attached hydrogens (tertiary/aromatic N) is 2. The lowest BCUT2D eigenvalue weighted by molar-refractivity contribution is 0.195. The fourth-order valence-electron chi connectivity index (χ4n) is 1.47. The minimum atomic E-state index is -0.498. The predicted molar refractivity (Wildman–Crippen MR) is 58.4 cm³/mol. The van der Waals surface area contributed by atoms with Gasteiger partial charge in [0.15, 0.2) is 0 Å². The Bertz CT molecular complexity index is 420. The second kappa shape index (κ2) is 4.28. The van der Waals surface area contributed by atoms with Gasteiger partial charge < -0.3 is 9.67 Å². The average Bonchev–Trinajstić information content (AvgIpc) is 2.68. The molecule has 1 aromatic heterocycles. The number of aromatic nitrogens is 2. The van der Waals surface area contributed by atoms with Gasteiger partial charge in [-0.1, -0.05) is 30.3 Å². The maximum Gasteiger partial charge on any atom is 0.0953 e. The summed E-state index contributed by atoms with van der Waals surface area (Å²) in [4.78, 5) is 4.12. The molecule has 1 aromatic carbocycles. The van der Waals surface area contributed by atoms with E-state index >= 15 is 0 Å². The summed E-state index contributed by atoms with van der Waals surface area (Å²) in [5.41, 5.74) is 1.94. The van der Waals surface area contributed by atoms with Crippen LogP contribution < -0.4 is 0 Å². The Morgan fingerprint density at radius 3 is 2.67 bits per heavy atom. The van der Waals surface area contributed by atoms with Crippen LogP contribution in [0, 0.1) is 0 Å². The van der Waals surface area contributed by atoms with Crippen molar-refractivity contribution in [1.82, 2.24) is 9.55 Å². The molecule has 1 heterocycles. The highest BCUT2D eigenvalue weighted by atomic mass is 16.3. The second-order valence-electron chi connectivity index (χ2n) is 3.63. The third-order valence-electron chi connectivity index (χ3n) is 2.29. The molecule has 2 rings (SSSR count). The van der Waals surface area contributed by atoms with Crippen molar-refractivity contribution in [2.75, 3.05) is 0 Å². The van der Waals surface area contributed by atoms with Crippen LogP contribution in [-0.2, 0) is 6.54 Å². The molecule has 0 saturated heterocycles. The molecule has 0 saturated carbocycles. The van der Waals surface area contributed by atoms with E-state index in [1.807, 2.05) is 29.0 Å². The maximum atomic E-state index is 9.33. The van der Waals surface area contributed by atoms with E-state index in [1.54, 1.807) is 13.3 Å². The minimum Gasteiger partial charge on any atom is -0.387 e. The zero-order valence-corrected chi connectivity index (χ0v) is 8.67. The van der Waals surface area contributed by atoms with Crippen LogP contribution in [-0.4, -0.2) is 14.7 Å². The molecule has 0 aliphatic rings. The Morgan fingerprint density at radius 1 is 1.33 bits per heavy atom. The number of imidazole rings is 1. The van der Waals surface area contributed by atoms with Gasteiger partial charge in [-0.2, -0.15) is 0 Å². The lowest BCUT2D eigenvalue weighted by Gasteiger charge is -2.01. The monoisotopic (exact) mass is 202 g/mol. The predicted octanol–water partition coefficient (Wildman–Crippen LogP) is 1.98. The van der Waals surface area contributed by atoms with Crippen molar-refractivity contribution in [2.24, 2.45) is 0 Å².